The molecule has 0 unspecified atom stereocenters. The number of nitrogens with one attached hydrogen (secondary N) is 1. The molecule has 2 aromatic rings. The second kappa shape index (κ2) is 8.81. The molecule has 10 heteroatoms. The van der Waals surface area contributed by atoms with Crippen LogP contribution in [0.25, 0.3) is 0 Å². The Labute approximate surface area is 195 Å². The third kappa shape index (κ3) is 4.53. The fourth-order valence-electron chi connectivity index (χ4n) is 5.10. The van der Waals surface area contributed by atoms with Gasteiger partial charge in [-0.3, -0.25) is 9.78 Å². The summed E-state index contributed by atoms with van der Waals surface area (Å²) < 4.78 is 41.7. The molecule has 34 heavy (non-hydrogen) atoms. The molecular formula is C24H27F3N4O3. The van der Waals surface area contributed by atoms with Gasteiger partial charge >= 0.3 is 12.3 Å². The largest absolute Gasteiger partial charge is 0.465 e. The molecule has 0 aromatic carbocycles. The van der Waals surface area contributed by atoms with Gasteiger partial charge < -0.3 is 19.9 Å². The van der Waals surface area contributed by atoms with Gasteiger partial charge in [-0.25, -0.2) is 4.79 Å². The summed E-state index contributed by atoms with van der Waals surface area (Å²) in [5, 5.41) is 11.3. The molecule has 3 heterocycles. The summed E-state index contributed by atoms with van der Waals surface area (Å²) in [4.78, 5) is 30.4. The number of hydrogen-bond donors (Lipinski definition) is 2. The number of carboxylic acid groups (broad SMARTS) is 1. The number of pyridine rings is 1. The lowest BCUT2D eigenvalue weighted by Gasteiger charge is -2.37. The van der Waals surface area contributed by atoms with E-state index in [1.165, 1.54) is 0 Å². The van der Waals surface area contributed by atoms with Crippen LogP contribution in [0.1, 0.15) is 47.1 Å². The van der Waals surface area contributed by atoms with Crippen LogP contribution in [0.15, 0.2) is 36.5 Å². The molecule has 1 aliphatic carbocycles. The number of fused-ring (bicyclic) bond motifs is 1. The quantitative estimate of drug-likeness (QED) is 0.632. The number of nitrogens with zero attached hydrogens (tertiary/aromatic N) is 3. The predicted molar refractivity (Wildman–Crippen MR) is 118 cm³/mol. The number of allylic oxidation sites excluding steroid dienone is 1. The van der Waals surface area contributed by atoms with Crippen molar-refractivity contribution in [1.82, 2.24) is 19.8 Å². The first-order valence-electron chi connectivity index (χ1n) is 11.2. The van der Waals surface area contributed by atoms with E-state index in [0.717, 1.165) is 23.7 Å². The molecule has 0 fully saturated rings. The molecule has 0 saturated heterocycles. The Balaban J connectivity index is 1.59. The van der Waals surface area contributed by atoms with Gasteiger partial charge in [0.25, 0.3) is 0 Å². The number of amides is 2. The third-order valence-electron chi connectivity index (χ3n) is 6.80. The maximum absolute atomic E-state index is 13.8. The fraction of sp³-hybridized carbons (Fsp3) is 0.458. The topological polar surface area (TPSA) is 87.5 Å². The summed E-state index contributed by atoms with van der Waals surface area (Å²) in [6.07, 6.45) is 0.0553. The van der Waals surface area contributed by atoms with Crippen molar-refractivity contribution in [3.63, 3.8) is 0 Å². The first-order valence-corrected chi connectivity index (χ1v) is 11.2. The number of hydrogen-bond acceptors (Lipinski definition) is 3. The summed E-state index contributed by atoms with van der Waals surface area (Å²) in [5.41, 5.74) is 1.28. The van der Waals surface area contributed by atoms with E-state index in [0.29, 0.717) is 30.6 Å². The van der Waals surface area contributed by atoms with Crippen molar-refractivity contribution >= 4 is 12.0 Å². The highest BCUT2D eigenvalue weighted by molar-refractivity contribution is 5.86. The minimum Gasteiger partial charge on any atom is -0.465 e. The van der Waals surface area contributed by atoms with Gasteiger partial charge in [-0.05, 0) is 50.5 Å². The summed E-state index contributed by atoms with van der Waals surface area (Å²) >= 11 is 0. The molecule has 0 saturated carbocycles. The van der Waals surface area contributed by atoms with Crippen molar-refractivity contribution in [2.75, 3.05) is 13.1 Å². The van der Waals surface area contributed by atoms with Crippen LogP contribution in [0.2, 0.25) is 0 Å². The SMILES string of the molecule is Cc1ccc(C)n1[C@@H]1C=C[C@](CCNC(=O)O)(C(=O)N2CCc3ncc(C(F)(F)F)cc3C2)C1. The molecule has 0 radical (unpaired) electrons. The first-order chi connectivity index (χ1) is 16.0. The normalized spacial score (nSPS) is 22.0. The van der Waals surface area contributed by atoms with E-state index in [1.807, 2.05) is 38.1 Å². The number of halogens is 3. The molecule has 0 bridgehead atoms. The van der Waals surface area contributed by atoms with Crippen LogP contribution in [-0.2, 0) is 23.9 Å². The average molecular weight is 476 g/mol. The second-order valence-electron chi connectivity index (χ2n) is 9.06. The van der Waals surface area contributed by atoms with Crippen LogP contribution in [0, 0.1) is 19.3 Å². The first kappa shape index (κ1) is 23.8. The second-order valence-corrected chi connectivity index (χ2v) is 9.06. The fourth-order valence-corrected chi connectivity index (χ4v) is 5.10. The summed E-state index contributed by atoms with van der Waals surface area (Å²) in [5.74, 6) is -0.205. The van der Waals surface area contributed by atoms with E-state index in [-0.39, 0.29) is 31.5 Å². The van der Waals surface area contributed by atoms with Crippen molar-refractivity contribution < 1.29 is 27.9 Å². The van der Waals surface area contributed by atoms with Gasteiger partial charge in [0, 0.05) is 49.3 Å². The van der Waals surface area contributed by atoms with Gasteiger partial charge in [0.05, 0.1) is 17.0 Å². The molecule has 2 aromatic heterocycles. The highest BCUT2D eigenvalue weighted by atomic mass is 19.4. The molecule has 2 atom stereocenters. The molecule has 182 valence electrons. The highest BCUT2D eigenvalue weighted by Crippen LogP contribution is 2.44. The van der Waals surface area contributed by atoms with Gasteiger partial charge in [0.2, 0.25) is 5.91 Å². The van der Waals surface area contributed by atoms with Crippen molar-refractivity contribution in [3.05, 3.63) is 64.8 Å². The van der Waals surface area contributed by atoms with E-state index in [4.69, 9.17) is 5.11 Å². The number of aromatic nitrogens is 2. The van der Waals surface area contributed by atoms with E-state index in [2.05, 4.69) is 14.9 Å². The Morgan fingerprint density at radius 1 is 1.26 bits per heavy atom. The molecule has 2 amide bonds. The van der Waals surface area contributed by atoms with Crippen molar-refractivity contribution in [2.24, 2.45) is 5.41 Å². The molecular weight excluding hydrogens is 449 g/mol. The summed E-state index contributed by atoms with van der Waals surface area (Å²) in [6, 6.07) is 5.01. The molecule has 2 N–H and O–H groups in total. The summed E-state index contributed by atoms with van der Waals surface area (Å²) in [7, 11) is 0. The zero-order valence-corrected chi connectivity index (χ0v) is 19.0. The lowest BCUT2D eigenvalue weighted by Crippen LogP contribution is -2.46. The van der Waals surface area contributed by atoms with Gasteiger partial charge in [-0.2, -0.15) is 13.2 Å². The lowest BCUT2D eigenvalue weighted by molar-refractivity contribution is -0.141. The van der Waals surface area contributed by atoms with Crippen LogP contribution in [0.5, 0.6) is 0 Å². The van der Waals surface area contributed by atoms with Gasteiger partial charge in [0.1, 0.15) is 0 Å². The highest BCUT2D eigenvalue weighted by Gasteiger charge is 2.45. The Morgan fingerprint density at radius 2 is 1.97 bits per heavy atom. The van der Waals surface area contributed by atoms with Crippen molar-refractivity contribution in [2.45, 2.75) is 51.9 Å². The van der Waals surface area contributed by atoms with E-state index in [9.17, 15) is 22.8 Å². The molecule has 4 rings (SSSR count). The Kier molecular flexibility index (Phi) is 6.18. The zero-order chi connectivity index (χ0) is 24.7. The van der Waals surface area contributed by atoms with E-state index in [1.54, 1.807) is 4.90 Å². The molecule has 7 nitrogen and oxygen atoms in total. The van der Waals surface area contributed by atoms with Crippen LogP contribution in [0.3, 0.4) is 0 Å². The molecule has 0 spiro atoms. The van der Waals surface area contributed by atoms with Crippen LogP contribution < -0.4 is 5.32 Å². The standard InChI is InChI=1S/C24H27F3N4O3/c1-15-3-4-16(2)31(15)19-5-7-23(12-19,8-9-28-22(33)34)21(32)30-10-6-20-17(14-30)11-18(13-29-20)24(25,26)27/h3-5,7,11,13,19,28H,6,8-10,12,14H2,1-2H3,(H,33,34)/t19-,23-/m1/s1. The van der Waals surface area contributed by atoms with Gasteiger partial charge in [-0.15, -0.1) is 0 Å². The number of rotatable bonds is 5. The Hall–Kier alpha value is -3.30. The molecule has 2 aliphatic rings. The number of carbonyl (C=O) groups excluding carboxylic acids is 1. The maximum Gasteiger partial charge on any atom is 0.417 e. The Bertz CT molecular complexity index is 1120. The monoisotopic (exact) mass is 476 g/mol. The lowest BCUT2D eigenvalue weighted by atomic mass is 9.81. The van der Waals surface area contributed by atoms with Crippen molar-refractivity contribution in [1.29, 1.82) is 0 Å². The van der Waals surface area contributed by atoms with Crippen LogP contribution in [-0.4, -0.2) is 44.6 Å². The predicted octanol–water partition coefficient (Wildman–Crippen LogP) is 4.25. The van der Waals surface area contributed by atoms with Gasteiger partial charge in [-0.1, -0.05) is 12.2 Å². The minimum absolute atomic E-state index is 0.0410. The summed E-state index contributed by atoms with van der Waals surface area (Å²) in [6.45, 7) is 4.45. The van der Waals surface area contributed by atoms with Gasteiger partial charge in [0.15, 0.2) is 0 Å². The van der Waals surface area contributed by atoms with E-state index < -0.39 is 23.2 Å². The number of alkyl halides is 3. The Morgan fingerprint density at radius 3 is 2.62 bits per heavy atom. The molecule has 1 aliphatic heterocycles. The van der Waals surface area contributed by atoms with Crippen molar-refractivity contribution in [3.8, 4) is 0 Å². The number of aryl methyl sites for hydroxylation is 2. The zero-order valence-electron chi connectivity index (χ0n) is 19.0. The van der Waals surface area contributed by atoms with E-state index >= 15 is 0 Å². The smallest absolute Gasteiger partial charge is 0.417 e. The third-order valence-corrected chi connectivity index (χ3v) is 6.80. The maximum atomic E-state index is 13.8. The number of carbonyl (C=O) groups is 2. The van der Waals surface area contributed by atoms with Crippen LogP contribution >= 0.6 is 0 Å². The van der Waals surface area contributed by atoms with Crippen LogP contribution in [0.4, 0.5) is 18.0 Å². The minimum atomic E-state index is -4.51. The average Bonchev–Trinajstić information content (AvgIpc) is 3.34.